The van der Waals surface area contributed by atoms with Gasteiger partial charge in [0.1, 0.15) is 5.75 Å². The Hall–Kier alpha value is -1.22. The Morgan fingerprint density at radius 3 is 2.71 bits per heavy atom. The van der Waals surface area contributed by atoms with Crippen LogP contribution in [0.1, 0.15) is 27.2 Å². The van der Waals surface area contributed by atoms with Gasteiger partial charge in [0.15, 0.2) is 0 Å². The molecule has 0 saturated heterocycles. The van der Waals surface area contributed by atoms with E-state index >= 15 is 0 Å². The quantitative estimate of drug-likeness (QED) is 0.871. The predicted octanol–water partition coefficient (Wildman–Crippen LogP) is 3.72. The minimum atomic E-state index is 0.000210. The first-order valence-corrected chi connectivity index (χ1v) is 6.13. The summed E-state index contributed by atoms with van der Waals surface area (Å²) in [4.78, 5) is 11.6. The highest BCUT2D eigenvalue weighted by Gasteiger charge is 2.07. The average molecular weight is 256 g/mol. The molecule has 0 aliphatic rings. The van der Waals surface area contributed by atoms with Crippen molar-refractivity contribution >= 4 is 23.2 Å². The van der Waals surface area contributed by atoms with Gasteiger partial charge in [-0.3, -0.25) is 4.79 Å². The summed E-state index contributed by atoms with van der Waals surface area (Å²) in [6.45, 7) is 6.48. The first-order chi connectivity index (χ1) is 8.02. The van der Waals surface area contributed by atoms with Crippen LogP contribution >= 0.6 is 11.6 Å². The molecular weight excluding hydrogens is 238 g/mol. The summed E-state index contributed by atoms with van der Waals surface area (Å²) in [6, 6.07) is 5.25. The van der Waals surface area contributed by atoms with Gasteiger partial charge in [-0.25, -0.2) is 0 Å². The van der Waals surface area contributed by atoms with Gasteiger partial charge in [-0.2, -0.15) is 0 Å². The fourth-order valence-electron chi connectivity index (χ4n) is 1.43. The molecule has 0 spiro atoms. The molecule has 0 aliphatic heterocycles. The second kappa shape index (κ2) is 6.50. The fraction of sp³-hybridized carbons (Fsp3) is 0.462. The SMILES string of the molecule is CCOc1ccc(NC(=O)CC(C)C)cc1Cl. The van der Waals surface area contributed by atoms with E-state index in [1.807, 2.05) is 20.8 Å². The van der Waals surface area contributed by atoms with Gasteiger partial charge in [-0.05, 0) is 31.0 Å². The summed E-state index contributed by atoms with van der Waals surface area (Å²) in [5.41, 5.74) is 0.698. The second-order valence-electron chi connectivity index (χ2n) is 4.22. The molecule has 0 bridgehead atoms. The first-order valence-electron chi connectivity index (χ1n) is 5.75. The summed E-state index contributed by atoms with van der Waals surface area (Å²) in [5, 5.41) is 3.31. The molecule has 1 N–H and O–H groups in total. The monoisotopic (exact) mass is 255 g/mol. The van der Waals surface area contributed by atoms with E-state index in [2.05, 4.69) is 5.32 Å². The van der Waals surface area contributed by atoms with Gasteiger partial charge in [0.25, 0.3) is 0 Å². The molecular formula is C13H18ClNO2. The number of carbonyl (C=O) groups excluding carboxylic acids is 1. The Labute approximate surface area is 107 Å². The van der Waals surface area contributed by atoms with Crippen LogP contribution in [0.4, 0.5) is 5.69 Å². The van der Waals surface area contributed by atoms with E-state index in [0.29, 0.717) is 35.4 Å². The molecule has 0 saturated carbocycles. The Kier molecular flexibility index (Phi) is 5.29. The van der Waals surface area contributed by atoms with Gasteiger partial charge in [0.2, 0.25) is 5.91 Å². The van der Waals surface area contributed by atoms with Crippen molar-refractivity contribution in [3.8, 4) is 5.75 Å². The molecule has 1 rings (SSSR count). The maximum Gasteiger partial charge on any atom is 0.224 e. The third-order valence-corrected chi connectivity index (χ3v) is 2.40. The maximum atomic E-state index is 11.6. The molecule has 0 aliphatic carbocycles. The molecule has 1 aromatic carbocycles. The number of anilines is 1. The zero-order valence-corrected chi connectivity index (χ0v) is 11.2. The van der Waals surface area contributed by atoms with Gasteiger partial charge in [-0.1, -0.05) is 25.4 Å². The molecule has 3 nitrogen and oxygen atoms in total. The number of benzene rings is 1. The molecule has 17 heavy (non-hydrogen) atoms. The first kappa shape index (κ1) is 13.8. The summed E-state index contributed by atoms with van der Waals surface area (Å²) in [6.07, 6.45) is 0.505. The molecule has 1 amide bonds. The third kappa shape index (κ3) is 4.65. The minimum Gasteiger partial charge on any atom is -0.492 e. The highest BCUT2D eigenvalue weighted by molar-refractivity contribution is 6.32. The Morgan fingerprint density at radius 1 is 1.47 bits per heavy atom. The molecule has 0 aromatic heterocycles. The van der Waals surface area contributed by atoms with Crippen LogP contribution in [0, 0.1) is 5.92 Å². The number of hydrogen-bond acceptors (Lipinski definition) is 2. The van der Waals surface area contributed by atoms with Crippen molar-refractivity contribution in [2.45, 2.75) is 27.2 Å². The number of ether oxygens (including phenoxy) is 1. The lowest BCUT2D eigenvalue weighted by Gasteiger charge is -2.10. The molecule has 0 heterocycles. The second-order valence-corrected chi connectivity index (χ2v) is 4.63. The Bertz CT molecular complexity index is 391. The number of nitrogens with one attached hydrogen (secondary N) is 1. The molecule has 0 fully saturated rings. The van der Waals surface area contributed by atoms with E-state index in [1.165, 1.54) is 0 Å². The Balaban J connectivity index is 2.67. The predicted molar refractivity (Wildman–Crippen MR) is 70.7 cm³/mol. The number of amides is 1. The average Bonchev–Trinajstić information content (AvgIpc) is 2.21. The number of halogens is 1. The van der Waals surface area contributed by atoms with Gasteiger partial charge < -0.3 is 10.1 Å². The van der Waals surface area contributed by atoms with Crippen molar-refractivity contribution in [3.63, 3.8) is 0 Å². The van der Waals surface area contributed by atoms with Crippen molar-refractivity contribution in [1.29, 1.82) is 0 Å². The summed E-state index contributed by atoms with van der Waals surface area (Å²) in [5.74, 6) is 0.976. The molecule has 0 atom stereocenters. The van der Waals surface area contributed by atoms with E-state index in [4.69, 9.17) is 16.3 Å². The molecule has 4 heteroatoms. The van der Waals surface area contributed by atoms with Crippen LogP contribution in [0.25, 0.3) is 0 Å². The summed E-state index contributed by atoms with van der Waals surface area (Å²) in [7, 11) is 0. The van der Waals surface area contributed by atoms with Crippen LogP contribution in [-0.2, 0) is 4.79 Å². The zero-order chi connectivity index (χ0) is 12.8. The number of carbonyl (C=O) groups is 1. The van der Waals surface area contributed by atoms with Crippen LogP contribution in [0.15, 0.2) is 18.2 Å². The van der Waals surface area contributed by atoms with E-state index < -0.39 is 0 Å². The van der Waals surface area contributed by atoms with Crippen LogP contribution < -0.4 is 10.1 Å². The van der Waals surface area contributed by atoms with Crippen molar-refractivity contribution < 1.29 is 9.53 Å². The van der Waals surface area contributed by atoms with E-state index in [9.17, 15) is 4.79 Å². The van der Waals surface area contributed by atoms with Crippen molar-refractivity contribution in [2.24, 2.45) is 5.92 Å². The highest BCUT2D eigenvalue weighted by atomic mass is 35.5. The summed E-state index contributed by atoms with van der Waals surface area (Å²) < 4.78 is 5.32. The van der Waals surface area contributed by atoms with Crippen LogP contribution in [0.2, 0.25) is 5.02 Å². The standard InChI is InChI=1S/C13H18ClNO2/c1-4-17-12-6-5-10(8-11(12)14)15-13(16)7-9(2)3/h5-6,8-9H,4,7H2,1-3H3,(H,15,16). The third-order valence-electron chi connectivity index (χ3n) is 2.11. The van der Waals surface area contributed by atoms with Gasteiger partial charge in [-0.15, -0.1) is 0 Å². The molecule has 0 unspecified atom stereocenters. The van der Waals surface area contributed by atoms with Gasteiger partial charge >= 0.3 is 0 Å². The molecule has 1 aromatic rings. The van der Waals surface area contributed by atoms with E-state index in [1.54, 1.807) is 18.2 Å². The van der Waals surface area contributed by atoms with Crippen LogP contribution in [-0.4, -0.2) is 12.5 Å². The van der Waals surface area contributed by atoms with E-state index in [0.717, 1.165) is 0 Å². The topological polar surface area (TPSA) is 38.3 Å². The smallest absolute Gasteiger partial charge is 0.224 e. The molecule has 94 valence electrons. The largest absolute Gasteiger partial charge is 0.492 e. The lowest BCUT2D eigenvalue weighted by atomic mass is 10.1. The maximum absolute atomic E-state index is 11.6. The zero-order valence-electron chi connectivity index (χ0n) is 10.4. The summed E-state index contributed by atoms with van der Waals surface area (Å²) >= 11 is 6.02. The highest BCUT2D eigenvalue weighted by Crippen LogP contribution is 2.27. The van der Waals surface area contributed by atoms with Crippen LogP contribution in [0.3, 0.4) is 0 Å². The lowest BCUT2D eigenvalue weighted by Crippen LogP contribution is -2.13. The van der Waals surface area contributed by atoms with Gasteiger partial charge in [0.05, 0.1) is 11.6 Å². The number of hydrogen-bond donors (Lipinski definition) is 1. The fourth-order valence-corrected chi connectivity index (χ4v) is 1.67. The minimum absolute atomic E-state index is 0.000210. The van der Waals surface area contributed by atoms with Crippen LogP contribution in [0.5, 0.6) is 5.75 Å². The van der Waals surface area contributed by atoms with Crippen molar-refractivity contribution in [3.05, 3.63) is 23.2 Å². The number of rotatable bonds is 5. The van der Waals surface area contributed by atoms with Crippen molar-refractivity contribution in [1.82, 2.24) is 0 Å². The van der Waals surface area contributed by atoms with Crippen molar-refractivity contribution in [2.75, 3.05) is 11.9 Å². The lowest BCUT2D eigenvalue weighted by molar-refractivity contribution is -0.116. The normalized spacial score (nSPS) is 10.4. The Morgan fingerprint density at radius 2 is 2.18 bits per heavy atom. The molecule has 0 radical (unpaired) electrons. The van der Waals surface area contributed by atoms with E-state index in [-0.39, 0.29) is 5.91 Å². The van der Waals surface area contributed by atoms with Gasteiger partial charge in [0, 0.05) is 12.1 Å².